The normalized spacial score (nSPS) is 11.5. The van der Waals surface area contributed by atoms with Gasteiger partial charge in [-0.2, -0.15) is 0 Å². The second-order valence-electron chi connectivity index (χ2n) is 5.94. The van der Waals surface area contributed by atoms with Crippen LogP contribution in [0.2, 0.25) is 0 Å². The van der Waals surface area contributed by atoms with Gasteiger partial charge in [-0.15, -0.1) is 0 Å². The molecule has 5 heteroatoms. The van der Waals surface area contributed by atoms with Crippen LogP contribution in [0.3, 0.4) is 0 Å². The van der Waals surface area contributed by atoms with Gasteiger partial charge in [-0.3, -0.25) is 4.79 Å². The highest BCUT2D eigenvalue weighted by Crippen LogP contribution is 2.20. The van der Waals surface area contributed by atoms with E-state index in [0.717, 1.165) is 18.6 Å². The van der Waals surface area contributed by atoms with E-state index in [1.54, 1.807) is 20.3 Å². The van der Waals surface area contributed by atoms with E-state index < -0.39 is 6.10 Å². The maximum Gasteiger partial charge on any atom is 0.261 e. The van der Waals surface area contributed by atoms with Crippen molar-refractivity contribution < 1.29 is 19.0 Å². The maximum atomic E-state index is 12.4. The lowest BCUT2D eigenvalue weighted by molar-refractivity contribution is -0.128. The van der Waals surface area contributed by atoms with Gasteiger partial charge in [-0.1, -0.05) is 25.1 Å². The molecule has 0 heterocycles. The first-order chi connectivity index (χ1) is 12.7. The van der Waals surface area contributed by atoms with E-state index in [1.807, 2.05) is 43.3 Å². The van der Waals surface area contributed by atoms with Gasteiger partial charge in [0.25, 0.3) is 5.91 Å². The Bertz CT molecular complexity index is 702. The Morgan fingerprint density at radius 1 is 1.00 bits per heavy atom. The smallest absolute Gasteiger partial charge is 0.261 e. The van der Waals surface area contributed by atoms with Gasteiger partial charge in [0.1, 0.15) is 17.2 Å². The SMILES string of the molecule is CC[C@H](Oc1cccc(OC)c1)C(=O)NCCCc1cccc(OC)c1. The van der Waals surface area contributed by atoms with Crippen LogP contribution in [0.1, 0.15) is 25.3 Å². The first-order valence-electron chi connectivity index (χ1n) is 8.87. The minimum Gasteiger partial charge on any atom is -0.497 e. The quantitative estimate of drug-likeness (QED) is 0.660. The van der Waals surface area contributed by atoms with Crippen molar-refractivity contribution in [3.05, 3.63) is 54.1 Å². The third kappa shape index (κ3) is 5.99. The van der Waals surface area contributed by atoms with E-state index in [0.29, 0.717) is 24.5 Å². The minimum absolute atomic E-state index is 0.0963. The molecule has 0 unspecified atom stereocenters. The highest BCUT2D eigenvalue weighted by atomic mass is 16.5. The van der Waals surface area contributed by atoms with E-state index in [-0.39, 0.29) is 5.91 Å². The first-order valence-corrected chi connectivity index (χ1v) is 8.87. The number of carbonyl (C=O) groups is 1. The van der Waals surface area contributed by atoms with Crippen LogP contribution in [0.5, 0.6) is 17.2 Å². The number of benzene rings is 2. The number of methoxy groups -OCH3 is 2. The summed E-state index contributed by atoms with van der Waals surface area (Å²) in [7, 11) is 3.26. The van der Waals surface area contributed by atoms with Crippen molar-refractivity contribution in [1.82, 2.24) is 5.32 Å². The van der Waals surface area contributed by atoms with E-state index in [4.69, 9.17) is 14.2 Å². The zero-order valence-corrected chi connectivity index (χ0v) is 15.7. The summed E-state index contributed by atoms with van der Waals surface area (Å²) >= 11 is 0. The number of amides is 1. The molecule has 5 nitrogen and oxygen atoms in total. The number of carbonyl (C=O) groups excluding carboxylic acids is 1. The molecule has 0 fully saturated rings. The molecule has 2 rings (SSSR count). The number of rotatable bonds is 10. The minimum atomic E-state index is -0.515. The van der Waals surface area contributed by atoms with Crippen molar-refractivity contribution in [2.45, 2.75) is 32.3 Å². The van der Waals surface area contributed by atoms with Crippen LogP contribution in [-0.4, -0.2) is 32.8 Å². The van der Waals surface area contributed by atoms with Crippen LogP contribution in [0.4, 0.5) is 0 Å². The van der Waals surface area contributed by atoms with E-state index in [9.17, 15) is 4.79 Å². The van der Waals surface area contributed by atoms with E-state index >= 15 is 0 Å². The average Bonchev–Trinajstić information content (AvgIpc) is 2.69. The summed E-state index contributed by atoms with van der Waals surface area (Å²) in [6, 6.07) is 15.3. The molecule has 140 valence electrons. The van der Waals surface area contributed by atoms with Gasteiger partial charge < -0.3 is 19.5 Å². The first kappa shape index (κ1) is 19.6. The third-order valence-electron chi connectivity index (χ3n) is 4.06. The van der Waals surface area contributed by atoms with Crippen molar-refractivity contribution in [3.63, 3.8) is 0 Å². The van der Waals surface area contributed by atoms with Crippen molar-refractivity contribution in [1.29, 1.82) is 0 Å². The number of hydrogen-bond donors (Lipinski definition) is 1. The Morgan fingerprint density at radius 3 is 2.35 bits per heavy atom. The van der Waals surface area contributed by atoms with Gasteiger partial charge >= 0.3 is 0 Å². The molecule has 2 aromatic rings. The predicted molar refractivity (Wildman–Crippen MR) is 102 cm³/mol. The van der Waals surface area contributed by atoms with E-state index in [2.05, 4.69) is 11.4 Å². The molecule has 0 saturated heterocycles. The fraction of sp³-hybridized carbons (Fsp3) is 0.381. The number of nitrogens with one attached hydrogen (secondary N) is 1. The van der Waals surface area contributed by atoms with Gasteiger partial charge in [0, 0.05) is 12.6 Å². The lowest BCUT2D eigenvalue weighted by atomic mass is 10.1. The van der Waals surface area contributed by atoms with Crippen LogP contribution in [0, 0.1) is 0 Å². The molecule has 0 bridgehead atoms. The molecule has 1 atom stereocenters. The summed E-state index contributed by atoms with van der Waals surface area (Å²) in [4.78, 5) is 12.4. The van der Waals surface area contributed by atoms with E-state index in [1.165, 1.54) is 5.56 Å². The lowest BCUT2D eigenvalue weighted by Crippen LogP contribution is -2.38. The summed E-state index contributed by atoms with van der Waals surface area (Å²) in [6.45, 7) is 2.54. The fourth-order valence-corrected chi connectivity index (χ4v) is 2.61. The molecular weight excluding hydrogens is 330 g/mol. The van der Waals surface area contributed by atoms with Crippen LogP contribution >= 0.6 is 0 Å². The highest BCUT2D eigenvalue weighted by molar-refractivity contribution is 5.81. The Balaban J connectivity index is 1.79. The summed E-state index contributed by atoms with van der Waals surface area (Å²) in [5, 5.41) is 2.95. The molecule has 0 aromatic heterocycles. The molecule has 0 radical (unpaired) electrons. The lowest BCUT2D eigenvalue weighted by Gasteiger charge is -2.17. The van der Waals surface area contributed by atoms with Crippen molar-refractivity contribution in [3.8, 4) is 17.2 Å². The molecule has 0 aliphatic rings. The second-order valence-corrected chi connectivity index (χ2v) is 5.94. The molecular formula is C21H27NO4. The van der Waals surface area contributed by atoms with Crippen LogP contribution in [0.25, 0.3) is 0 Å². The van der Waals surface area contributed by atoms with Crippen molar-refractivity contribution in [2.24, 2.45) is 0 Å². The van der Waals surface area contributed by atoms with Crippen LogP contribution in [-0.2, 0) is 11.2 Å². The molecule has 0 aliphatic heterocycles. The molecule has 0 aliphatic carbocycles. The molecule has 1 N–H and O–H groups in total. The van der Waals surface area contributed by atoms with Crippen LogP contribution < -0.4 is 19.5 Å². The zero-order chi connectivity index (χ0) is 18.8. The van der Waals surface area contributed by atoms with Crippen LogP contribution in [0.15, 0.2) is 48.5 Å². The standard InChI is InChI=1S/C21H27NO4/c1-4-20(26-19-12-6-11-18(15-19)25-3)21(23)22-13-7-9-16-8-5-10-17(14-16)24-2/h5-6,8,10-12,14-15,20H,4,7,9,13H2,1-3H3,(H,22,23)/t20-/m0/s1. The van der Waals surface area contributed by atoms with Gasteiger partial charge in [0.15, 0.2) is 6.10 Å². The van der Waals surface area contributed by atoms with Crippen molar-refractivity contribution >= 4 is 5.91 Å². The molecule has 0 spiro atoms. The largest absolute Gasteiger partial charge is 0.497 e. The van der Waals surface area contributed by atoms with Gasteiger partial charge in [-0.05, 0) is 49.1 Å². The maximum absolute atomic E-state index is 12.4. The predicted octanol–water partition coefficient (Wildman–Crippen LogP) is 3.61. The second kappa shape index (κ2) is 10.3. The van der Waals surface area contributed by atoms with Gasteiger partial charge in [0.05, 0.1) is 14.2 Å². The highest BCUT2D eigenvalue weighted by Gasteiger charge is 2.18. The number of hydrogen-bond acceptors (Lipinski definition) is 4. The summed E-state index contributed by atoms with van der Waals surface area (Å²) < 4.78 is 16.2. The Hall–Kier alpha value is -2.69. The molecule has 1 amide bonds. The summed E-state index contributed by atoms with van der Waals surface area (Å²) in [5.41, 5.74) is 1.19. The number of aryl methyl sites for hydroxylation is 1. The monoisotopic (exact) mass is 357 g/mol. The zero-order valence-electron chi connectivity index (χ0n) is 15.7. The fourth-order valence-electron chi connectivity index (χ4n) is 2.61. The Labute approximate surface area is 155 Å². The third-order valence-corrected chi connectivity index (χ3v) is 4.06. The molecule has 2 aromatic carbocycles. The number of ether oxygens (including phenoxy) is 3. The average molecular weight is 357 g/mol. The summed E-state index contributed by atoms with van der Waals surface area (Å²) in [6.07, 6.45) is 1.82. The summed E-state index contributed by atoms with van der Waals surface area (Å²) in [5.74, 6) is 2.09. The topological polar surface area (TPSA) is 56.8 Å². The Morgan fingerprint density at radius 2 is 1.65 bits per heavy atom. The van der Waals surface area contributed by atoms with Crippen molar-refractivity contribution in [2.75, 3.05) is 20.8 Å². The van der Waals surface area contributed by atoms with Gasteiger partial charge in [0.2, 0.25) is 0 Å². The molecule has 26 heavy (non-hydrogen) atoms. The van der Waals surface area contributed by atoms with Gasteiger partial charge in [-0.25, -0.2) is 0 Å². The molecule has 0 saturated carbocycles. The Kier molecular flexibility index (Phi) is 7.80.